The molecule has 0 aromatic heterocycles. The summed E-state index contributed by atoms with van der Waals surface area (Å²) >= 11 is 0. The predicted octanol–water partition coefficient (Wildman–Crippen LogP) is 3.51. The summed E-state index contributed by atoms with van der Waals surface area (Å²) in [6.07, 6.45) is 1.17. The maximum Gasteiger partial charge on any atom is 0.274 e. The van der Waals surface area contributed by atoms with Crippen LogP contribution in [0.15, 0.2) is 48.5 Å². The summed E-state index contributed by atoms with van der Waals surface area (Å²) in [5.41, 5.74) is 1.63. The highest BCUT2D eigenvalue weighted by Gasteiger charge is 2.25. The molecule has 1 atom stereocenters. The topological polar surface area (TPSA) is 72.7 Å². The molecule has 3 rings (SSSR count). The van der Waals surface area contributed by atoms with Gasteiger partial charge in [-0.25, -0.2) is 0 Å². The van der Waals surface area contributed by atoms with Crippen LogP contribution in [0.1, 0.15) is 29.9 Å². The summed E-state index contributed by atoms with van der Waals surface area (Å²) in [6, 6.07) is 14.3. The van der Waals surface area contributed by atoms with Gasteiger partial charge in [-0.1, -0.05) is 36.4 Å². The molecular formula is C19H20N2O4. The van der Waals surface area contributed by atoms with E-state index in [0.717, 1.165) is 17.7 Å². The number of ether oxygens (including phenoxy) is 1. The van der Waals surface area contributed by atoms with Crippen molar-refractivity contribution in [1.29, 1.82) is 0 Å². The average molecular weight is 340 g/mol. The van der Waals surface area contributed by atoms with Crippen molar-refractivity contribution < 1.29 is 14.5 Å². The first-order chi connectivity index (χ1) is 12.1. The van der Waals surface area contributed by atoms with Gasteiger partial charge in [-0.05, 0) is 24.0 Å². The number of para-hydroxylation sites is 2. The number of hydrogen-bond acceptors (Lipinski definition) is 4. The van der Waals surface area contributed by atoms with E-state index in [1.165, 1.54) is 6.07 Å². The Morgan fingerprint density at radius 1 is 1.24 bits per heavy atom. The van der Waals surface area contributed by atoms with E-state index < -0.39 is 4.92 Å². The molecule has 1 aliphatic rings. The van der Waals surface area contributed by atoms with Gasteiger partial charge in [-0.2, -0.15) is 0 Å². The Labute approximate surface area is 146 Å². The molecule has 130 valence electrons. The van der Waals surface area contributed by atoms with Gasteiger partial charge in [0.05, 0.1) is 18.1 Å². The number of amides is 1. The molecule has 2 aromatic rings. The van der Waals surface area contributed by atoms with E-state index in [1.54, 1.807) is 30.1 Å². The van der Waals surface area contributed by atoms with Crippen molar-refractivity contribution in [1.82, 2.24) is 4.90 Å². The first kappa shape index (κ1) is 17.0. The quantitative estimate of drug-likeness (QED) is 0.617. The number of fused-ring (bicyclic) bond motifs is 1. The highest BCUT2D eigenvalue weighted by molar-refractivity contribution is 5.77. The van der Waals surface area contributed by atoms with Gasteiger partial charge in [0, 0.05) is 25.1 Å². The summed E-state index contributed by atoms with van der Waals surface area (Å²) < 4.78 is 5.63. The fraction of sp³-hybridized carbons (Fsp3) is 0.316. The number of benzene rings is 2. The average Bonchev–Trinajstić information content (AvgIpc) is 2.62. The first-order valence-electron chi connectivity index (χ1n) is 8.24. The Morgan fingerprint density at radius 2 is 1.96 bits per heavy atom. The maximum atomic E-state index is 12.6. The summed E-state index contributed by atoms with van der Waals surface area (Å²) in [6.45, 7) is 0.823. The molecule has 0 saturated heterocycles. The van der Waals surface area contributed by atoms with Crippen molar-refractivity contribution in [2.75, 3.05) is 13.7 Å². The number of carbonyl (C=O) groups is 1. The lowest BCUT2D eigenvalue weighted by atomic mass is 9.90. The number of carbonyl (C=O) groups excluding carboxylic acids is 1. The minimum Gasteiger partial charge on any atom is -0.493 e. The lowest BCUT2D eigenvalue weighted by Crippen LogP contribution is -2.29. The minimum absolute atomic E-state index is 0.0279. The molecular weight excluding hydrogens is 320 g/mol. The molecule has 0 N–H and O–H groups in total. The second-order valence-corrected chi connectivity index (χ2v) is 6.21. The van der Waals surface area contributed by atoms with Gasteiger partial charge in [0.15, 0.2) is 0 Å². The fourth-order valence-electron chi connectivity index (χ4n) is 3.16. The van der Waals surface area contributed by atoms with E-state index in [1.807, 2.05) is 24.3 Å². The predicted molar refractivity (Wildman–Crippen MR) is 93.5 cm³/mol. The van der Waals surface area contributed by atoms with Gasteiger partial charge in [-0.15, -0.1) is 0 Å². The summed E-state index contributed by atoms with van der Waals surface area (Å²) in [7, 11) is 1.68. The minimum atomic E-state index is -0.414. The molecule has 1 unspecified atom stereocenters. The molecule has 1 heterocycles. The SMILES string of the molecule is CN(Cc1ccccc1[N+](=O)[O-])C(=O)CC1CCOc2ccccc21. The Balaban J connectivity index is 1.69. The standard InChI is InChI=1S/C19H20N2O4/c1-20(13-15-6-2-4-8-17(15)21(23)24)19(22)12-14-10-11-25-18-9-5-3-7-16(14)18/h2-9,14H,10-13H2,1H3. The van der Waals surface area contributed by atoms with Crippen LogP contribution in [0.3, 0.4) is 0 Å². The molecule has 1 amide bonds. The van der Waals surface area contributed by atoms with Gasteiger partial charge < -0.3 is 9.64 Å². The van der Waals surface area contributed by atoms with Crippen molar-refractivity contribution >= 4 is 11.6 Å². The summed E-state index contributed by atoms with van der Waals surface area (Å²) in [5, 5.41) is 11.1. The molecule has 0 fully saturated rings. The van der Waals surface area contributed by atoms with E-state index in [2.05, 4.69) is 0 Å². The van der Waals surface area contributed by atoms with Gasteiger partial charge >= 0.3 is 0 Å². The monoisotopic (exact) mass is 340 g/mol. The summed E-state index contributed by atoms with van der Waals surface area (Å²) in [4.78, 5) is 24.9. The molecule has 0 bridgehead atoms. The van der Waals surface area contributed by atoms with Gasteiger partial charge in [-0.3, -0.25) is 14.9 Å². The highest BCUT2D eigenvalue weighted by Crippen LogP contribution is 2.35. The molecule has 2 aromatic carbocycles. The van der Waals surface area contributed by atoms with Crippen molar-refractivity contribution in [2.45, 2.75) is 25.3 Å². The third-order valence-electron chi connectivity index (χ3n) is 4.53. The fourth-order valence-corrected chi connectivity index (χ4v) is 3.16. The molecule has 0 radical (unpaired) electrons. The molecule has 6 heteroatoms. The van der Waals surface area contributed by atoms with E-state index in [4.69, 9.17) is 4.74 Å². The zero-order chi connectivity index (χ0) is 17.8. The Morgan fingerprint density at radius 3 is 2.76 bits per heavy atom. The third-order valence-corrected chi connectivity index (χ3v) is 4.53. The van der Waals surface area contributed by atoms with Crippen molar-refractivity contribution in [2.24, 2.45) is 0 Å². The zero-order valence-electron chi connectivity index (χ0n) is 14.1. The van der Waals surface area contributed by atoms with Crippen LogP contribution in [0.5, 0.6) is 5.75 Å². The van der Waals surface area contributed by atoms with Crippen LogP contribution in [-0.4, -0.2) is 29.4 Å². The van der Waals surface area contributed by atoms with Crippen molar-refractivity contribution in [3.8, 4) is 5.75 Å². The third kappa shape index (κ3) is 3.79. The van der Waals surface area contributed by atoms with Crippen LogP contribution < -0.4 is 4.74 Å². The van der Waals surface area contributed by atoms with Crippen LogP contribution in [0.4, 0.5) is 5.69 Å². The lowest BCUT2D eigenvalue weighted by Gasteiger charge is -2.27. The molecule has 1 aliphatic heterocycles. The smallest absolute Gasteiger partial charge is 0.274 e. The summed E-state index contributed by atoms with van der Waals surface area (Å²) in [5.74, 6) is 0.929. The van der Waals surface area contributed by atoms with Crippen molar-refractivity contribution in [3.05, 3.63) is 69.8 Å². The van der Waals surface area contributed by atoms with Gasteiger partial charge in [0.2, 0.25) is 5.91 Å². The van der Waals surface area contributed by atoms with Crippen LogP contribution in [0, 0.1) is 10.1 Å². The van der Waals surface area contributed by atoms with Crippen LogP contribution in [0.2, 0.25) is 0 Å². The largest absolute Gasteiger partial charge is 0.493 e. The number of nitrogens with zero attached hydrogens (tertiary/aromatic N) is 2. The van der Waals surface area contributed by atoms with Crippen LogP contribution in [0.25, 0.3) is 0 Å². The Kier molecular flexibility index (Phi) is 4.97. The first-order valence-corrected chi connectivity index (χ1v) is 8.24. The van der Waals surface area contributed by atoms with Crippen LogP contribution in [-0.2, 0) is 11.3 Å². The number of hydrogen-bond donors (Lipinski definition) is 0. The molecule has 0 saturated carbocycles. The molecule has 0 spiro atoms. The van der Waals surface area contributed by atoms with Crippen molar-refractivity contribution in [3.63, 3.8) is 0 Å². The second kappa shape index (κ2) is 7.34. The molecule has 0 aliphatic carbocycles. The molecule has 6 nitrogen and oxygen atoms in total. The van der Waals surface area contributed by atoms with E-state index in [0.29, 0.717) is 18.6 Å². The lowest BCUT2D eigenvalue weighted by molar-refractivity contribution is -0.385. The normalized spacial score (nSPS) is 15.8. The number of rotatable bonds is 5. The molecule has 25 heavy (non-hydrogen) atoms. The van der Waals surface area contributed by atoms with E-state index >= 15 is 0 Å². The Bertz CT molecular complexity index is 790. The number of nitro groups is 1. The van der Waals surface area contributed by atoms with E-state index in [9.17, 15) is 14.9 Å². The van der Waals surface area contributed by atoms with Gasteiger partial charge in [0.25, 0.3) is 5.69 Å². The van der Waals surface area contributed by atoms with E-state index in [-0.39, 0.29) is 24.1 Å². The zero-order valence-corrected chi connectivity index (χ0v) is 14.1. The maximum absolute atomic E-state index is 12.6. The second-order valence-electron chi connectivity index (χ2n) is 6.21. The number of nitro benzene ring substituents is 1. The van der Waals surface area contributed by atoms with Crippen LogP contribution >= 0.6 is 0 Å². The van der Waals surface area contributed by atoms with Gasteiger partial charge in [0.1, 0.15) is 5.75 Å². The Hall–Kier alpha value is -2.89. The highest BCUT2D eigenvalue weighted by atomic mass is 16.6.